The van der Waals surface area contributed by atoms with E-state index in [9.17, 15) is 0 Å². The molecule has 0 aliphatic carbocycles. The van der Waals surface area contributed by atoms with Gasteiger partial charge in [-0.25, -0.2) is 0 Å². The van der Waals surface area contributed by atoms with Crippen LogP contribution in [0.4, 0.5) is 5.88 Å². The Morgan fingerprint density at radius 3 is 2.67 bits per heavy atom. The third-order valence-electron chi connectivity index (χ3n) is 2.40. The fraction of sp³-hybridized carbons (Fsp3) is 0.167. The first kappa shape index (κ1) is 11.8. The number of aromatic nitrogens is 1. The van der Waals surface area contributed by atoms with Gasteiger partial charge in [-0.2, -0.15) is 10.2 Å². The van der Waals surface area contributed by atoms with Crippen molar-refractivity contribution >= 4 is 5.88 Å². The minimum atomic E-state index is -0.0163. The Morgan fingerprint density at radius 2 is 2.11 bits per heavy atom. The number of rotatable bonds is 3. The second kappa shape index (κ2) is 4.67. The number of hydrogen-bond donors (Lipinski definition) is 1. The summed E-state index contributed by atoms with van der Waals surface area (Å²) < 4.78 is 15.6. The molecule has 0 saturated heterocycles. The zero-order valence-electron chi connectivity index (χ0n) is 9.93. The van der Waals surface area contributed by atoms with Gasteiger partial charge in [-0.3, -0.25) is 0 Å². The first-order valence-corrected chi connectivity index (χ1v) is 5.08. The van der Waals surface area contributed by atoms with E-state index >= 15 is 0 Å². The van der Waals surface area contributed by atoms with E-state index in [-0.39, 0.29) is 17.5 Å². The quantitative estimate of drug-likeness (QED) is 0.886. The molecule has 0 spiro atoms. The van der Waals surface area contributed by atoms with Gasteiger partial charge in [0.15, 0.2) is 0 Å². The van der Waals surface area contributed by atoms with Crippen molar-refractivity contribution in [3.8, 4) is 29.0 Å². The van der Waals surface area contributed by atoms with Crippen molar-refractivity contribution in [2.24, 2.45) is 0 Å². The van der Waals surface area contributed by atoms with Gasteiger partial charge in [0.1, 0.15) is 17.6 Å². The largest absolute Gasteiger partial charge is 0.497 e. The molecule has 6 heteroatoms. The zero-order chi connectivity index (χ0) is 13.1. The van der Waals surface area contributed by atoms with Crippen molar-refractivity contribution < 1.29 is 13.9 Å². The van der Waals surface area contributed by atoms with Crippen LogP contribution in [0.5, 0.6) is 11.5 Å². The van der Waals surface area contributed by atoms with Crippen LogP contribution in [0.3, 0.4) is 0 Å². The molecule has 0 bridgehead atoms. The van der Waals surface area contributed by atoms with Gasteiger partial charge < -0.3 is 19.6 Å². The number of ether oxygens (including phenoxy) is 2. The summed E-state index contributed by atoms with van der Waals surface area (Å²) in [6, 6.07) is 7.02. The molecule has 2 aromatic rings. The van der Waals surface area contributed by atoms with Gasteiger partial charge in [0, 0.05) is 0 Å². The molecule has 1 heterocycles. The second-order valence-electron chi connectivity index (χ2n) is 3.41. The van der Waals surface area contributed by atoms with Crippen LogP contribution in [-0.4, -0.2) is 19.2 Å². The highest BCUT2D eigenvalue weighted by atomic mass is 16.5. The molecule has 0 aliphatic rings. The average Bonchev–Trinajstić information content (AvgIpc) is 2.79. The summed E-state index contributed by atoms with van der Waals surface area (Å²) in [4.78, 5) is 3.99. The second-order valence-corrected chi connectivity index (χ2v) is 3.41. The molecule has 0 atom stereocenters. The molecule has 92 valence electrons. The van der Waals surface area contributed by atoms with Crippen molar-refractivity contribution in [3.05, 3.63) is 23.9 Å². The standard InChI is InChI=1S/C12H11N3O3/c1-16-7-3-4-10(17-2)8(5-7)12-15-9(6-13)11(14)18-12/h3-5H,14H2,1-2H3. The van der Waals surface area contributed by atoms with E-state index in [1.165, 1.54) is 7.11 Å². The number of nitrogen functional groups attached to an aromatic ring is 1. The lowest BCUT2D eigenvalue weighted by Gasteiger charge is -2.07. The number of hydrogen-bond acceptors (Lipinski definition) is 6. The van der Waals surface area contributed by atoms with Crippen LogP contribution >= 0.6 is 0 Å². The van der Waals surface area contributed by atoms with Crippen LogP contribution < -0.4 is 15.2 Å². The Kier molecular flexibility index (Phi) is 3.06. The molecule has 6 nitrogen and oxygen atoms in total. The van der Waals surface area contributed by atoms with Crippen LogP contribution in [0.2, 0.25) is 0 Å². The molecule has 0 amide bonds. The highest BCUT2D eigenvalue weighted by Crippen LogP contribution is 2.34. The summed E-state index contributed by atoms with van der Waals surface area (Å²) >= 11 is 0. The highest BCUT2D eigenvalue weighted by molar-refractivity contribution is 5.67. The molecular weight excluding hydrogens is 234 g/mol. The number of oxazole rings is 1. The first-order chi connectivity index (χ1) is 8.69. The lowest BCUT2D eigenvalue weighted by atomic mass is 10.2. The van der Waals surface area contributed by atoms with Crippen LogP contribution in [0, 0.1) is 11.3 Å². The maximum absolute atomic E-state index is 8.80. The molecule has 2 rings (SSSR count). The van der Waals surface area contributed by atoms with Gasteiger partial charge in [0.2, 0.25) is 17.5 Å². The molecule has 0 saturated carbocycles. The van der Waals surface area contributed by atoms with Crippen LogP contribution in [-0.2, 0) is 0 Å². The van der Waals surface area contributed by atoms with E-state index in [4.69, 9.17) is 24.9 Å². The van der Waals surface area contributed by atoms with Crippen molar-refractivity contribution in [1.82, 2.24) is 4.98 Å². The maximum Gasteiger partial charge on any atom is 0.233 e. The Balaban J connectivity index is 2.57. The average molecular weight is 245 g/mol. The van der Waals surface area contributed by atoms with Gasteiger partial charge in [-0.05, 0) is 18.2 Å². The van der Waals surface area contributed by atoms with E-state index < -0.39 is 0 Å². The zero-order valence-corrected chi connectivity index (χ0v) is 9.93. The summed E-state index contributed by atoms with van der Waals surface area (Å²) in [6.07, 6.45) is 0. The van der Waals surface area contributed by atoms with Gasteiger partial charge in [-0.1, -0.05) is 0 Å². The van der Waals surface area contributed by atoms with Crippen LogP contribution in [0.15, 0.2) is 22.6 Å². The molecule has 0 aliphatic heterocycles. The van der Waals surface area contributed by atoms with E-state index in [0.717, 1.165) is 0 Å². The Morgan fingerprint density at radius 1 is 1.33 bits per heavy atom. The molecule has 0 fully saturated rings. The smallest absolute Gasteiger partial charge is 0.233 e. The van der Waals surface area contributed by atoms with Crippen molar-refractivity contribution in [1.29, 1.82) is 5.26 Å². The topological polar surface area (TPSA) is 94.3 Å². The Hall–Kier alpha value is -2.68. The lowest BCUT2D eigenvalue weighted by molar-refractivity contribution is 0.403. The predicted octanol–water partition coefficient (Wildman–Crippen LogP) is 1.81. The number of methoxy groups -OCH3 is 2. The third-order valence-corrected chi connectivity index (χ3v) is 2.40. The number of nitrogens with two attached hydrogens (primary N) is 1. The van der Waals surface area contributed by atoms with E-state index in [0.29, 0.717) is 17.1 Å². The highest BCUT2D eigenvalue weighted by Gasteiger charge is 2.16. The number of benzene rings is 1. The van der Waals surface area contributed by atoms with Gasteiger partial charge >= 0.3 is 0 Å². The number of nitrogens with zero attached hydrogens (tertiary/aromatic N) is 2. The van der Waals surface area contributed by atoms with Crippen LogP contribution in [0.25, 0.3) is 11.5 Å². The van der Waals surface area contributed by atoms with Crippen molar-refractivity contribution in [2.45, 2.75) is 0 Å². The van der Waals surface area contributed by atoms with Gasteiger partial charge in [0.25, 0.3) is 0 Å². The Bertz CT molecular complexity index is 614. The monoisotopic (exact) mass is 245 g/mol. The molecule has 1 aromatic carbocycles. The molecule has 0 radical (unpaired) electrons. The first-order valence-electron chi connectivity index (χ1n) is 5.08. The molecule has 2 N–H and O–H groups in total. The summed E-state index contributed by atoms with van der Waals surface area (Å²) in [6.45, 7) is 0. The third kappa shape index (κ3) is 1.94. The van der Waals surface area contributed by atoms with Crippen LogP contribution in [0.1, 0.15) is 5.69 Å². The maximum atomic E-state index is 8.80. The lowest BCUT2D eigenvalue weighted by Crippen LogP contribution is -1.90. The van der Waals surface area contributed by atoms with E-state index in [1.807, 2.05) is 6.07 Å². The molecule has 18 heavy (non-hydrogen) atoms. The van der Waals surface area contributed by atoms with Crippen molar-refractivity contribution in [3.63, 3.8) is 0 Å². The molecular formula is C12H11N3O3. The normalized spacial score (nSPS) is 9.83. The SMILES string of the molecule is COc1ccc(OC)c(-c2nc(C#N)c(N)o2)c1. The minimum Gasteiger partial charge on any atom is -0.497 e. The van der Waals surface area contributed by atoms with E-state index in [2.05, 4.69) is 4.98 Å². The van der Waals surface area contributed by atoms with Gasteiger partial charge in [0.05, 0.1) is 19.8 Å². The summed E-state index contributed by atoms with van der Waals surface area (Å²) in [7, 11) is 3.08. The molecule has 0 unspecified atom stereocenters. The fourth-order valence-corrected chi connectivity index (χ4v) is 1.51. The number of anilines is 1. The predicted molar refractivity (Wildman–Crippen MR) is 64.2 cm³/mol. The summed E-state index contributed by atoms with van der Waals surface area (Å²) in [5, 5.41) is 8.80. The summed E-state index contributed by atoms with van der Waals surface area (Å²) in [5.41, 5.74) is 6.15. The van der Waals surface area contributed by atoms with Gasteiger partial charge in [-0.15, -0.1) is 0 Å². The minimum absolute atomic E-state index is 0.0163. The number of nitriles is 1. The van der Waals surface area contributed by atoms with Crippen molar-refractivity contribution in [2.75, 3.05) is 20.0 Å². The Labute approximate surface area is 104 Å². The summed E-state index contributed by atoms with van der Waals surface area (Å²) in [5.74, 6) is 1.39. The van der Waals surface area contributed by atoms with E-state index in [1.54, 1.807) is 25.3 Å². The fourth-order valence-electron chi connectivity index (χ4n) is 1.51. The molecule has 1 aromatic heterocycles.